The summed E-state index contributed by atoms with van der Waals surface area (Å²) in [5, 5.41) is 12.4. The number of amides is 1. The van der Waals surface area contributed by atoms with E-state index in [2.05, 4.69) is 5.32 Å². The van der Waals surface area contributed by atoms with E-state index in [-0.39, 0.29) is 19.0 Å². The van der Waals surface area contributed by atoms with Gasteiger partial charge in [0, 0.05) is 13.1 Å². The minimum atomic E-state index is -1.44. The van der Waals surface area contributed by atoms with Crippen LogP contribution in [-0.4, -0.2) is 36.1 Å². The molecule has 1 atom stereocenters. The van der Waals surface area contributed by atoms with Gasteiger partial charge in [0.15, 0.2) is 0 Å². The molecule has 0 aromatic heterocycles. The molecule has 0 aliphatic heterocycles. The lowest BCUT2D eigenvalue weighted by molar-refractivity contribution is -0.122. The number of aliphatic hydroxyl groups excluding tert-OH is 1. The third-order valence-electron chi connectivity index (χ3n) is 3.53. The minimum Gasteiger partial charge on any atom is -0.386 e. The van der Waals surface area contributed by atoms with E-state index in [0.29, 0.717) is 6.54 Å². The molecule has 2 aromatic carbocycles. The van der Waals surface area contributed by atoms with Crippen molar-refractivity contribution in [3.05, 3.63) is 71.3 Å². The Labute approximate surface area is 139 Å². The first-order chi connectivity index (χ1) is 11.5. The summed E-state index contributed by atoms with van der Waals surface area (Å²) in [6.45, 7) is 0.454. The van der Waals surface area contributed by atoms with Crippen LogP contribution in [0.5, 0.6) is 0 Å². The summed E-state index contributed by atoms with van der Waals surface area (Å²) in [7, 11) is 1.79. The summed E-state index contributed by atoms with van der Waals surface area (Å²) in [5.41, 5.74) is 0.636. The molecule has 0 heterocycles. The maximum Gasteiger partial charge on any atom is 0.234 e. The van der Waals surface area contributed by atoms with Gasteiger partial charge in [0.2, 0.25) is 5.91 Å². The van der Waals surface area contributed by atoms with E-state index in [1.807, 2.05) is 30.3 Å². The highest BCUT2D eigenvalue weighted by molar-refractivity contribution is 5.78. The first-order valence-electron chi connectivity index (χ1n) is 7.58. The molecule has 4 nitrogen and oxygen atoms in total. The van der Waals surface area contributed by atoms with Crippen LogP contribution in [0.1, 0.15) is 17.2 Å². The van der Waals surface area contributed by atoms with Gasteiger partial charge in [-0.25, -0.2) is 8.78 Å². The lowest BCUT2D eigenvalue weighted by atomic mass is 10.1. The molecule has 128 valence electrons. The van der Waals surface area contributed by atoms with Crippen LogP contribution in [0.25, 0.3) is 0 Å². The van der Waals surface area contributed by atoms with Crippen LogP contribution in [0.3, 0.4) is 0 Å². The maximum atomic E-state index is 13.6. The summed E-state index contributed by atoms with van der Waals surface area (Å²) in [6, 6.07) is 13.0. The van der Waals surface area contributed by atoms with Gasteiger partial charge in [0.05, 0.1) is 12.1 Å². The topological polar surface area (TPSA) is 52.6 Å². The average molecular weight is 334 g/mol. The first kappa shape index (κ1) is 18.0. The Bertz CT molecular complexity index is 660. The SMILES string of the molecule is CN(CC(=O)NCC(O)c1c(F)cccc1F)Cc1ccccc1. The highest BCUT2D eigenvalue weighted by Crippen LogP contribution is 2.19. The Morgan fingerprint density at radius 3 is 2.38 bits per heavy atom. The summed E-state index contributed by atoms with van der Waals surface area (Å²) in [5.74, 6) is -2.00. The molecule has 1 amide bonds. The molecule has 0 aliphatic rings. The van der Waals surface area contributed by atoms with Gasteiger partial charge in [-0.15, -0.1) is 0 Å². The zero-order chi connectivity index (χ0) is 17.5. The average Bonchev–Trinajstić information content (AvgIpc) is 2.53. The second-order valence-electron chi connectivity index (χ2n) is 5.61. The van der Waals surface area contributed by atoms with Crippen LogP contribution in [0, 0.1) is 11.6 Å². The zero-order valence-electron chi connectivity index (χ0n) is 13.4. The van der Waals surface area contributed by atoms with Crippen LogP contribution in [-0.2, 0) is 11.3 Å². The molecule has 0 aliphatic carbocycles. The number of rotatable bonds is 7. The van der Waals surface area contributed by atoms with Gasteiger partial charge in [-0.2, -0.15) is 0 Å². The van der Waals surface area contributed by atoms with Crippen molar-refractivity contribution in [3.8, 4) is 0 Å². The molecule has 0 spiro atoms. The van der Waals surface area contributed by atoms with E-state index in [1.54, 1.807) is 11.9 Å². The van der Waals surface area contributed by atoms with Crippen LogP contribution >= 0.6 is 0 Å². The summed E-state index contributed by atoms with van der Waals surface area (Å²) < 4.78 is 27.1. The lowest BCUT2D eigenvalue weighted by Crippen LogP contribution is -2.37. The van der Waals surface area contributed by atoms with Crippen LogP contribution in [0.4, 0.5) is 8.78 Å². The van der Waals surface area contributed by atoms with Crippen molar-refractivity contribution in [1.29, 1.82) is 0 Å². The van der Waals surface area contributed by atoms with Gasteiger partial charge < -0.3 is 10.4 Å². The number of aliphatic hydroxyl groups is 1. The lowest BCUT2D eigenvalue weighted by Gasteiger charge is -2.18. The second kappa shape index (κ2) is 8.52. The molecule has 0 bridgehead atoms. The van der Waals surface area contributed by atoms with Gasteiger partial charge in [0.1, 0.15) is 17.7 Å². The third-order valence-corrected chi connectivity index (χ3v) is 3.53. The molecule has 0 fully saturated rings. The Kier molecular flexibility index (Phi) is 6.40. The highest BCUT2D eigenvalue weighted by Gasteiger charge is 2.18. The van der Waals surface area contributed by atoms with Gasteiger partial charge in [-0.1, -0.05) is 36.4 Å². The van der Waals surface area contributed by atoms with Crippen LogP contribution in [0.15, 0.2) is 48.5 Å². The van der Waals surface area contributed by atoms with E-state index in [4.69, 9.17) is 0 Å². The molecule has 1 unspecified atom stereocenters. The fourth-order valence-corrected chi connectivity index (χ4v) is 2.39. The molecule has 2 N–H and O–H groups in total. The molecular weight excluding hydrogens is 314 g/mol. The van der Waals surface area contributed by atoms with Gasteiger partial charge in [-0.05, 0) is 24.7 Å². The molecule has 0 saturated carbocycles. The number of benzene rings is 2. The highest BCUT2D eigenvalue weighted by atomic mass is 19.1. The van der Waals surface area contributed by atoms with E-state index in [0.717, 1.165) is 17.7 Å². The fraction of sp³-hybridized carbons (Fsp3) is 0.278. The van der Waals surface area contributed by atoms with E-state index in [1.165, 1.54) is 6.07 Å². The number of hydrogen-bond donors (Lipinski definition) is 2. The monoisotopic (exact) mass is 334 g/mol. The van der Waals surface area contributed by atoms with Crippen molar-refractivity contribution in [2.75, 3.05) is 20.1 Å². The number of nitrogens with zero attached hydrogens (tertiary/aromatic N) is 1. The van der Waals surface area contributed by atoms with Crippen LogP contribution < -0.4 is 5.32 Å². The molecule has 0 saturated heterocycles. The number of nitrogens with one attached hydrogen (secondary N) is 1. The van der Waals surface area contributed by atoms with Crippen molar-refractivity contribution in [2.24, 2.45) is 0 Å². The molecular formula is C18H20F2N2O2. The summed E-state index contributed by atoms with van der Waals surface area (Å²) in [4.78, 5) is 13.7. The molecule has 2 rings (SSSR count). The van der Waals surface area contributed by atoms with Crippen molar-refractivity contribution in [1.82, 2.24) is 10.2 Å². The fourth-order valence-electron chi connectivity index (χ4n) is 2.39. The number of carbonyl (C=O) groups is 1. The van der Waals surface area contributed by atoms with E-state index >= 15 is 0 Å². The summed E-state index contributed by atoms with van der Waals surface area (Å²) >= 11 is 0. The number of halogens is 2. The Morgan fingerprint density at radius 1 is 1.12 bits per heavy atom. The molecule has 0 radical (unpaired) electrons. The number of likely N-dealkylation sites (N-methyl/N-ethyl adjacent to an activating group) is 1. The third kappa shape index (κ3) is 5.11. The van der Waals surface area contributed by atoms with Crippen molar-refractivity contribution in [2.45, 2.75) is 12.6 Å². The largest absolute Gasteiger partial charge is 0.386 e. The molecule has 6 heteroatoms. The van der Waals surface area contributed by atoms with E-state index < -0.39 is 23.3 Å². The predicted octanol–water partition coefficient (Wildman–Crippen LogP) is 2.25. The summed E-state index contributed by atoms with van der Waals surface area (Å²) in [6.07, 6.45) is -1.44. The molecule has 2 aromatic rings. The van der Waals surface area contributed by atoms with Crippen molar-refractivity contribution >= 4 is 5.91 Å². The Balaban J connectivity index is 1.82. The van der Waals surface area contributed by atoms with Gasteiger partial charge in [-0.3, -0.25) is 9.69 Å². The smallest absolute Gasteiger partial charge is 0.234 e. The predicted molar refractivity (Wildman–Crippen MR) is 87.1 cm³/mol. The normalized spacial score (nSPS) is 12.2. The van der Waals surface area contributed by atoms with Gasteiger partial charge in [0.25, 0.3) is 0 Å². The number of carbonyl (C=O) groups excluding carboxylic acids is 1. The minimum absolute atomic E-state index is 0.112. The first-order valence-corrected chi connectivity index (χ1v) is 7.58. The Hall–Kier alpha value is -2.31. The van der Waals surface area contributed by atoms with Crippen molar-refractivity contribution < 1.29 is 18.7 Å². The Morgan fingerprint density at radius 2 is 1.75 bits per heavy atom. The van der Waals surface area contributed by atoms with Crippen LogP contribution in [0.2, 0.25) is 0 Å². The standard InChI is InChI=1S/C18H20F2N2O2/c1-22(11-13-6-3-2-4-7-13)12-17(24)21-10-16(23)18-14(19)8-5-9-15(18)20/h2-9,16,23H,10-12H2,1H3,(H,21,24). The molecule has 24 heavy (non-hydrogen) atoms. The van der Waals surface area contributed by atoms with E-state index in [9.17, 15) is 18.7 Å². The maximum absolute atomic E-state index is 13.6. The zero-order valence-corrected chi connectivity index (χ0v) is 13.4. The van der Waals surface area contributed by atoms with Gasteiger partial charge >= 0.3 is 0 Å². The second-order valence-corrected chi connectivity index (χ2v) is 5.61. The number of hydrogen-bond acceptors (Lipinski definition) is 3. The van der Waals surface area contributed by atoms with Crippen molar-refractivity contribution in [3.63, 3.8) is 0 Å². The quantitative estimate of drug-likeness (QED) is 0.817.